The normalized spacial score (nSPS) is 22.9. The number of aliphatic hydroxyl groups is 1. The maximum Gasteiger partial charge on any atom is 0.311 e. The molecule has 300 valence electrons. The minimum atomic E-state index is -0.453. The van der Waals surface area contributed by atoms with E-state index in [2.05, 4.69) is 54.0 Å². The first-order valence-electron chi connectivity index (χ1n) is 20.0. The fourth-order valence-electron chi connectivity index (χ4n) is 6.30. The second kappa shape index (κ2) is 22.9. The van der Waals surface area contributed by atoms with Crippen LogP contribution in [0.3, 0.4) is 0 Å². The second-order valence-corrected chi connectivity index (χ2v) is 18.2. The van der Waals surface area contributed by atoms with Gasteiger partial charge in [0.2, 0.25) is 0 Å². The first kappa shape index (κ1) is 47.8. The molecule has 0 bridgehead atoms. The molecule has 0 aromatic carbocycles. The molecule has 8 atom stereocenters. The SMILES string of the molecule is C=C(C)C(C)C[C@H](O)CCC1O[C@@H](CCCOC(=O)C(C)(C)C)CC1=C.C=C1C[C@H](CCCOC(=O)C(C)(C)C)OC1CC[C@@H](C)C[C@@H](C)C(=C)C. The van der Waals surface area contributed by atoms with E-state index in [1.807, 2.05) is 48.5 Å². The number of ether oxygens (including phenoxy) is 4. The van der Waals surface area contributed by atoms with E-state index in [4.69, 9.17) is 18.9 Å². The average Bonchev–Trinajstić information content (AvgIpc) is 3.58. The van der Waals surface area contributed by atoms with Crippen LogP contribution in [0.5, 0.6) is 0 Å². The molecule has 0 aromatic rings. The van der Waals surface area contributed by atoms with Crippen LogP contribution in [-0.4, -0.2) is 60.8 Å². The van der Waals surface area contributed by atoms with E-state index in [-0.39, 0.29) is 42.5 Å². The zero-order chi connectivity index (χ0) is 39.8. The van der Waals surface area contributed by atoms with E-state index >= 15 is 0 Å². The Morgan fingerprint density at radius 3 is 1.48 bits per heavy atom. The largest absolute Gasteiger partial charge is 0.465 e. The highest BCUT2D eigenvalue weighted by atomic mass is 16.5. The molecule has 52 heavy (non-hydrogen) atoms. The molecular formula is C45H78O7. The van der Waals surface area contributed by atoms with Gasteiger partial charge in [-0.1, -0.05) is 58.2 Å². The van der Waals surface area contributed by atoms with E-state index in [0.29, 0.717) is 31.0 Å². The summed E-state index contributed by atoms with van der Waals surface area (Å²) >= 11 is 0. The van der Waals surface area contributed by atoms with Crippen molar-refractivity contribution < 1.29 is 33.6 Å². The lowest BCUT2D eigenvalue weighted by Crippen LogP contribution is -2.23. The molecule has 3 unspecified atom stereocenters. The second-order valence-electron chi connectivity index (χ2n) is 18.2. The zero-order valence-corrected chi connectivity index (χ0v) is 35.2. The van der Waals surface area contributed by atoms with Crippen LogP contribution in [0.2, 0.25) is 0 Å². The van der Waals surface area contributed by atoms with Crippen molar-refractivity contribution in [3.8, 4) is 0 Å². The lowest BCUT2D eigenvalue weighted by Gasteiger charge is -2.20. The summed E-state index contributed by atoms with van der Waals surface area (Å²) in [6.45, 7) is 39.3. The van der Waals surface area contributed by atoms with Gasteiger partial charge in [0.05, 0.1) is 54.6 Å². The lowest BCUT2D eigenvalue weighted by molar-refractivity contribution is -0.154. The molecule has 2 fully saturated rings. The summed E-state index contributed by atoms with van der Waals surface area (Å²) in [4.78, 5) is 23.5. The first-order chi connectivity index (χ1) is 24.0. The van der Waals surface area contributed by atoms with Gasteiger partial charge in [-0.15, -0.1) is 0 Å². The number of rotatable bonds is 20. The standard InChI is InChI=1S/C23H40O3.C22H38O4/c1-16(2)18(4)14-17(3)11-12-21-19(5)15-20(26-21)10-9-13-25-22(24)23(6,7)8;1-15(2)16(3)13-18(23)10-11-20-17(4)14-19(26-20)9-8-12-25-21(24)22(5,6)7/h17-18,20-21H,1,5,9-15H2,2-4,6-8H3;16,18-20,23H,1,4,8-14H2,2-3,5-7H3/t17-,18-,20+,21?;16?,18-,19+,20?/m11/s1. The van der Waals surface area contributed by atoms with Crippen molar-refractivity contribution in [3.63, 3.8) is 0 Å². The van der Waals surface area contributed by atoms with Crippen molar-refractivity contribution in [2.24, 2.45) is 28.6 Å². The van der Waals surface area contributed by atoms with Gasteiger partial charge in [0.15, 0.2) is 0 Å². The zero-order valence-electron chi connectivity index (χ0n) is 35.2. The van der Waals surface area contributed by atoms with Crippen molar-refractivity contribution in [3.05, 3.63) is 48.6 Å². The van der Waals surface area contributed by atoms with E-state index in [1.165, 1.54) is 17.6 Å². The molecule has 2 heterocycles. The minimum Gasteiger partial charge on any atom is -0.465 e. The number of aliphatic hydroxyl groups excluding tert-OH is 1. The number of carbonyl (C=O) groups is 2. The Labute approximate surface area is 319 Å². The van der Waals surface area contributed by atoms with Gasteiger partial charge in [0.25, 0.3) is 0 Å². The van der Waals surface area contributed by atoms with Gasteiger partial charge >= 0.3 is 11.9 Å². The van der Waals surface area contributed by atoms with E-state index in [9.17, 15) is 14.7 Å². The predicted molar refractivity (Wildman–Crippen MR) is 215 cm³/mol. The average molecular weight is 731 g/mol. The Morgan fingerprint density at radius 2 is 1.10 bits per heavy atom. The van der Waals surface area contributed by atoms with Gasteiger partial charge in [-0.05, 0) is 161 Å². The fraction of sp³-hybridized carbons (Fsp3) is 0.778. The highest BCUT2D eigenvalue weighted by Crippen LogP contribution is 2.33. The molecule has 2 rings (SSSR count). The lowest BCUT2D eigenvalue weighted by atomic mass is 9.88. The molecule has 7 nitrogen and oxygen atoms in total. The van der Waals surface area contributed by atoms with Gasteiger partial charge in [-0.3, -0.25) is 9.59 Å². The van der Waals surface area contributed by atoms with Gasteiger partial charge in [0, 0.05) is 0 Å². The number of allylic oxidation sites excluding steroid dienone is 2. The number of hydrogen-bond acceptors (Lipinski definition) is 7. The van der Waals surface area contributed by atoms with Crippen LogP contribution in [0.4, 0.5) is 0 Å². The quantitative estimate of drug-likeness (QED) is 0.0757. The molecule has 2 aliphatic rings. The van der Waals surface area contributed by atoms with E-state index in [1.54, 1.807) is 0 Å². The molecule has 7 heteroatoms. The number of hydrogen-bond donors (Lipinski definition) is 1. The summed E-state index contributed by atoms with van der Waals surface area (Å²) in [6.07, 6.45) is 11.2. The van der Waals surface area contributed by atoms with Gasteiger partial charge < -0.3 is 24.1 Å². The number of carbonyl (C=O) groups excluding carboxylic acids is 2. The van der Waals surface area contributed by atoms with Crippen LogP contribution in [-0.2, 0) is 28.5 Å². The molecule has 1 N–H and O–H groups in total. The summed E-state index contributed by atoms with van der Waals surface area (Å²) in [7, 11) is 0. The summed E-state index contributed by atoms with van der Waals surface area (Å²) < 4.78 is 22.9. The van der Waals surface area contributed by atoms with Crippen LogP contribution in [0, 0.1) is 28.6 Å². The molecule has 0 saturated carbocycles. The Bertz CT molecular complexity index is 1070. The summed E-state index contributed by atoms with van der Waals surface area (Å²) in [5.74, 6) is 1.30. The molecule has 0 aromatic heterocycles. The van der Waals surface area contributed by atoms with Crippen LogP contribution < -0.4 is 0 Å². The first-order valence-corrected chi connectivity index (χ1v) is 20.0. The third-order valence-electron chi connectivity index (χ3n) is 10.4. The highest BCUT2D eigenvalue weighted by Gasteiger charge is 2.31. The van der Waals surface area contributed by atoms with Crippen molar-refractivity contribution in [2.75, 3.05) is 13.2 Å². The van der Waals surface area contributed by atoms with Crippen LogP contribution in [0.1, 0.15) is 153 Å². The van der Waals surface area contributed by atoms with Crippen LogP contribution in [0.15, 0.2) is 48.6 Å². The molecular weight excluding hydrogens is 652 g/mol. The fourth-order valence-corrected chi connectivity index (χ4v) is 6.30. The monoisotopic (exact) mass is 731 g/mol. The van der Waals surface area contributed by atoms with Gasteiger partial charge in [-0.25, -0.2) is 0 Å². The molecule has 2 aliphatic heterocycles. The van der Waals surface area contributed by atoms with E-state index in [0.717, 1.165) is 81.8 Å². The van der Waals surface area contributed by atoms with Gasteiger partial charge in [0.1, 0.15) is 0 Å². The van der Waals surface area contributed by atoms with Crippen LogP contribution in [0.25, 0.3) is 0 Å². The van der Waals surface area contributed by atoms with E-state index < -0.39 is 10.8 Å². The van der Waals surface area contributed by atoms with Gasteiger partial charge in [-0.2, -0.15) is 0 Å². The summed E-state index contributed by atoms with van der Waals surface area (Å²) in [5, 5.41) is 10.2. The van der Waals surface area contributed by atoms with Crippen molar-refractivity contribution in [2.45, 2.75) is 184 Å². The third kappa shape index (κ3) is 19.2. The smallest absolute Gasteiger partial charge is 0.311 e. The Morgan fingerprint density at radius 1 is 0.712 bits per heavy atom. The molecule has 0 spiro atoms. The third-order valence-corrected chi connectivity index (χ3v) is 10.4. The van der Waals surface area contributed by atoms with Crippen molar-refractivity contribution in [1.82, 2.24) is 0 Å². The predicted octanol–water partition coefficient (Wildman–Crippen LogP) is 10.9. The van der Waals surface area contributed by atoms with Crippen molar-refractivity contribution in [1.29, 1.82) is 0 Å². The van der Waals surface area contributed by atoms with Crippen molar-refractivity contribution >= 4 is 11.9 Å². The molecule has 2 saturated heterocycles. The number of esters is 2. The van der Waals surface area contributed by atoms with Crippen LogP contribution >= 0.6 is 0 Å². The Hall–Kier alpha value is -2.22. The summed E-state index contributed by atoms with van der Waals surface area (Å²) in [5.41, 5.74) is 3.83. The highest BCUT2D eigenvalue weighted by molar-refractivity contribution is 5.75. The topological polar surface area (TPSA) is 91.3 Å². The maximum atomic E-state index is 11.8. The Kier molecular flexibility index (Phi) is 21.0. The molecule has 0 radical (unpaired) electrons. The Balaban J connectivity index is 0.000000520. The maximum absolute atomic E-state index is 11.8. The molecule has 0 amide bonds. The molecule has 0 aliphatic carbocycles. The summed E-state index contributed by atoms with van der Waals surface area (Å²) in [6, 6.07) is 0. The minimum absolute atomic E-state index is 0.0342.